The van der Waals surface area contributed by atoms with Gasteiger partial charge < -0.3 is 15.0 Å². The van der Waals surface area contributed by atoms with Crippen LogP contribution in [-0.4, -0.2) is 35.7 Å². The van der Waals surface area contributed by atoms with Crippen LogP contribution in [0.1, 0.15) is 25.3 Å². The number of benzene rings is 1. The van der Waals surface area contributed by atoms with E-state index in [4.69, 9.17) is 0 Å². The van der Waals surface area contributed by atoms with Crippen LogP contribution in [0, 0.1) is 0 Å². The van der Waals surface area contributed by atoms with Crippen LogP contribution in [0.3, 0.4) is 0 Å². The van der Waals surface area contributed by atoms with Gasteiger partial charge in [0.1, 0.15) is 11.8 Å². The fraction of sp³-hybridized carbons (Fsp3) is 0.467. The van der Waals surface area contributed by atoms with E-state index in [1.54, 1.807) is 6.07 Å². The summed E-state index contributed by atoms with van der Waals surface area (Å²) in [7, 11) is 0. The van der Waals surface area contributed by atoms with Crippen molar-refractivity contribution in [2.45, 2.75) is 38.7 Å². The second-order valence-electron chi connectivity index (χ2n) is 5.24. The van der Waals surface area contributed by atoms with Crippen LogP contribution in [-0.2, 0) is 16.1 Å². The summed E-state index contributed by atoms with van der Waals surface area (Å²) in [4.78, 5) is 25.1. The molecule has 0 saturated carbocycles. The van der Waals surface area contributed by atoms with E-state index in [1.165, 1.54) is 30.0 Å². The Kier molecular flexibility index (Phi) is 5.12. The minimum Gasteiger partial charge on any atom is -0.405 e. The number of rotatable bonds is 4. The van der Waals surface area contributed by atoms with Gasteiger partial charge in [-0.15, -0.1) is 13.2 Å². The summed E-state index contributed by atoms with van der Waals surface area (Å²) in [6.07, 6.45) is -3.52. The van der Waals surface area contributed by atoms with Crippen LogP contribution in [0.2, 0.25) is 0 Å². The van der Waals surface area contributed by atoms with Crippen molar-refractivity contribution in [3.63, 3.8) is 0 Å². The highest BCUT2D eigenvalue weighted by Gasteiger charge is 2.33. The van der Waals surface area contributed by atoms with Crippen molar-refractivity contribution in [3.05, 3.63) is 29.8 Å². The van der Waals surface area contributed by atoms with Gasteiger partial charge in [0.25, 0.3) is 0 Å². The van der Waals surface area contributed by atoms with E-state index in [1.807, 2.05) is 0 Å². The van der Waals surface area contributed by atoms with Gasteiger partial charge in [0, 0.05) is 25.6 Å². The van der Waals surface area contributed by atoms with Crippen LogP contribution in [0.4, 0.5) is 13.2 Å². The van der Waals surface area contributed by atoms with Crippen molar-refractivity contribution in [1.82, 2.24) is 10.2 Å². The second kappa shape index (κ2) is 6.89. The Bertz CT molecular complexity index is 590. The van der Waals surface area contributed by atoms with Crippen molar-refractivity contribution in [2.75, 3.05) is 6.54 Å². The van der Waals surface area contributed by atoms with E-state index >= 15 is 0 Å². The average Bonchev–Trinajstić information content (AvgIpc) is 2.94. The lowest BCUT2D eigenvalue weighted by atomic mass is 10.1. The van der Waals surface area contributed by atoms with Gasteiger partial charge in [-0.3, -0.25) is 9.59 Å². The SMILES string of the molecule is CC(=O)N1CCCC1C(=O)NCc1ccccc1OC(F)(F)F. The summed E-state index contributed by atoms with van der Waals surface area (Å²) in [6, 6.07) is 5.04. The Morgan fingerprint density at radius 2 is 2.04 bits per heavy atom. The molecule has 1 aromatic carbocycles. The molecule has 1 N–H and O–H groups in total. The molecule has 0 aromatic heterocycles. The number of hydrogen-bond acceptors (Lipinski definition) is 3. The minimum absolute atomic E-state index is 0.104. The number of ether oxygens (including phenoxy) is 1. The van der Waals surface area contributed by atoms with E-state index in [0.29, 0.717) is 13.0 Å². The molecule has 126 valence electrons. The lowest BCUT2D eigenvalue weighted by Gasteiger charge is -2.22. The van der Waals surface area contributed by atoms with Gasteiger partial charge in [0.05, 0.1) is 0 Å². The molecule has 2 rings (SSSR count). The number of alkyl halides is 3. The van der Waals surface area contributed by atoms with Crippen LogP contribution < -0.4 is 10.1 Å². The summed E-state index contributed by atoms with van der Waals surface area (Å²) in [6.45, 7) is 1.80. The molecule has 0 aliphatic carbocycles. The molecule has 1 heterocycles. The molecule has 5 nitrogen and oxygen atoms in total. The maximum Gasteiger partial charge on any atom is 0.573 e. The summed E-state index contributed by atoms with van der Waals surface area (Å²) >= 11 is 0. The Morgan fingerprint density at radius 1 is 1.35 bits per heavy atom. The number of amides is 2. The first-order chi connectivity index (χ1) is 10.8. The number of para-hydroxylation sites is 1. The third-order valence-corrected chi connectivity index (χ3v) is 3.61. The second-order valence-corrected chi connectivity index (χ2v) is 5.24. The van der Waals surface area contributed by atoms with E-state index in [9.17, 15) is 22.8 Å². The molecule has 2 amide bonds. The molecule has 1 unspecified atom stereocenters. The topological polar surface area (TPSA) is 58.6 Å². The van der Waals surface area contributed by atoms with Crippen molar-refractivity contribution in [3.8, 4) is 5.75 Å². The average molecular weight is 330 g/mol. The van der Waals surface area contributed by atoms with Crippen molar-refractivity contribution in [2.24, 2.45) is 0 Å². The summed E-state index contributed by atoms with van der Waals surface area (Å²) in [5.74, 6) is -0.918. The molecule has 1 atom stereocenters. The first kappa shape index (κ1) is 17.1. The maximum absolute atomic E-state index is 12.4. The third-order valence-electron chi connectivity index (χ3n) is 3.61. The van der Waals surface area contributed by atoms with Crippen molar-refractivity contribution in [1.29, 1.82) is 0 Å². The highest BCUT2D eigenvalue weighted by molar-refractivity contribution is 5.87. The predicted octanol–water partition coefficient (Wildman–Crippen LogP) is 2.21. The molecule has 1 saturated heterocycles. The highest BCUT2D eigenvalue weighted by atomic mass is 19.4. The molecule has 23 heavy (non-hydrogen) atoms. The highest BCUT2D eigenvalue weighted by Crippen LogP contribution is 2.26. The molecule has 1 fully saturated rings. The van der Waals surface area contributed by atoms with Gasteiger partial charge in [-0.1, -0.05) is 18.2 Å². The first-order valence-corrected chi connectivity index (χ1v) is 7.16. The predicted molar refractivity (Wildman–Crippen MR) is 75.4 cm³/mol. The standard InChI is InChI=1S/C15H17F3N2O3/c1-10(21)20-8-4-6-12(20)14(22)19-9-11-5-2-3-7-13(11)23-15(16,17)18/h2-3,5,7,12H,4,6,8-9H2,1H3,(H,19,22). The molecule has 0 radical (unpaired) electrons. The number of nitrogens with zero attached hydrogens (tertiary/aromatic N) is 1. The van der Waals surface area contributed by atoms with E-state index in [2.05, 4.69) is 10.1 Å². The summed E-state index contributed by atoms with van der Waals surface area (Å²) in [5.41, 5.74) is 0.213. The summed E-state index contributed by atoms with van der Waals surface area (Å²) < 4.78 is 41.0. The van der Waals surface area contributed by atoms with Gasteiger partial charge in [0.15, 0.2) is 0 Å². The molecule has 8 heteroatoms. The van der Waals surface area contributed by atoms with E-state index < -0.39 is 12.4 Å². The zero-order chi connectivity index (χ0) is 17.0. The Morgan fingerprint density at radius 3 is 2.70 bits per heavy atom. The molecular weight excluding hydrogens is 313 g/mol. The van der Waals surface area contributed by atoms with E-state index in [-0.39, 0.29) is 29.7 Å². The lowest BCUT2D eigenvalue weighted by Crippen LogP contribution is -2.44. The number of carbonyl (C=O) groups is 2. The van der Waals surface area contributed by atoms with Gasteiger partial charge in [0.2, 0.25) is 11.8 Å². The fourth-order valence-corrected chi connectivity index (χ4v) is 2.59. The molecular formula is C15H17F3N2O3. The van der Waals surface area contributed by atoms with Crippen LogP contribution in [0.25, 0.3) is 0 Å². The number of hydrogen-bond donors (Lipinski definition) is 1. The third kappa shape index (κ3) is 4.61. The maximum atomic E-state index is 12.4. The quantitative estimate of drug-likeness (QED) is 0.921. The molecule has 0 spiro atoms. The zero-order valence-electron chi connectivity index (χ0n) is 12.5. The minimum atomic E-state index is -4.79. The monoisotopic (exact) mass is 330 g/mol. The molecule has 1 aliphatic heterocycles. The smallest absolute Gasteiger partial charge is 0.405 e. The molecule has 1 aliphatic rings. The van der Waals surface area contributed by atoms with Gasteiger partial charge in [-0.25, -0.2) is 0 Å². The Hall–Kier alpha value is -2.25. The van der Waals surface area contributed by atoms with Crippen LogP contribution >= 0.6 is 0 Å². The number of carbonyl (C=O) groups excluding carboxylic acids is 2. The summed E-state index contributed by atoms with van der Waals surface area (Å²) in [5, 5.41) is 2.57. The van der Waals surface area contributed by atoms with Crippen LogP contribution in [0.5, 0.6) is 5.75 Å². The largest absolute Gasteiger partial charge is 0.573 e. The number of likely N-dealkylation sites (tertiary alicyclic amines) is 1. The molecule has 1 aromatic rings. The van der Waals surface area contributed by atoms with Gasteiger partial charge in [-0.05, 0) is 18.9 Å². The molecule has 0 bridgehead atoms. The Balaban J connectivity index is 2.01. The Labute approximate surface area is 131 Å². The van der Waals surface area contributed by atoms with Gasteiger partial charge in [-0.2, -0.15) is 0 Å². The number of nitrogens with one attached hydrogen (secondary N) is 1. The number of halogens is 3. The van der Waals surface area contributed by atoms with Crippen molar-refractivity contribution >= 4 is 11.8 Å². The van der Waals surface area contributed by atoms with Gasteiger partial charge >= 0.3 is 6.36 Å². The van der Waals surface area contributed by atoms with E-state index in [0.717, 1.165) is 6.42 Å². The zero-order valence-corrected chi connectivity index (χ0v) is 12.5. The normalized spacial score (nSPS) is 17.9. The fourth-order valence-electron chi connectivity index (χ4n) is 2.59. The van der Waals surface area contributed by atoms with Crippen LogP contribution in [0.15, 0.2) is 24.3 Å². The first-order valence-electron chi connectivity index (χ1n) is 7.16. The van der Waals surface area contributed by atoms with Crippen molar-refractivity contribution < 1.29 is 27.5 Å². The lowest BCUT2D eigenvalue weighted by molar-refractivity contribution is -0.274.